The molecule has 0 spiro atoms. The van der Waals surface area contributed by atoms with Gasteiger partial charge in [0.2, 0.25) is 0 Å². The molecule has 1 aliphatic heterocycles. The van der Waals surface area contributed by atoms with Gasteiger partial charge in [-0.3, -0.25) is 4.79 Å². The summed E-state index contributed by atoms with van der Waals surface area (Å²) in [4.78, 5) is 17.7. The number of rotatable bonds is 4. The van der Waals surface area contributed by atoms with Gasteiger partial charge in [0.15, 0.2) is 0 Å². The Morgan fingerprint density at radius 3 is 2.71 bits per heavy atom. The predicted molar refractivity (Wildman–Crippen MR) is 115 cm³/mol. The smallest absolute Gasteiger partial charge is 0.253 e. The fourth-order valence-electron chi connectivity index (χ4n) is 4.04. The van der Waals surface area contributed by atoms with E-state index in [0.29, 0.717) is 13.1 Å². The number of aromatic amines is 1. The van der Waals surface area contributed by atoms with E-state index in [0.717, 1.165) is 52.8 Å². The molecule has 1 aromatic heterocycles. The summed E-state index contributed by atoms with van der Waals surface area (Å²) in [7, 11) is 0. The standard InChI is InChI=1S/C23H27N3O2/c1-15-10-16(2)22-17(11-15)12-18(23(28)25-22)13-24-19-5-7-20(8-6-19)26-9-3-4-21(27)14-26/h5-8,10-12,21,24,27H,3-4,9,13-14H2,1-2H3,(H,25,28). The number of nitrogens with zero attached hydrogens (tertiary/aromatic N) is 1. The number of fused-ring (bicyclic) bond motifs is 1. The third-order valence-electron chi connectivity index (χ3n) is 5.48. The van der Waals surface area contributed by atoms with Gasteiger partial charge < -0.3 is 20.3 Å². The highest BCUT2D eigenvalue weighted by molar-refractivity contribution is 5.82. The summed E-state index contributed by atoms with van der Waals surface area (Å²) in [6, 6.07) is 14.3. The Bertz CT molecular complexity index is 1040. The molecule has 4 rings (SSSR count). The topological polar surface area (TPSA) is 68.4 Å². The van der Waals surface area contributed by atoms with Crippen LogP contribution in [-0.4, -0.2) is 29.3 Å². The van der Waals surface area contributed by atoms with E-state index in [1.807, 2.05) is 25.1 Å². The van der Waals surface area contributed by atoms with Crippen LogP contribution in [0.1, 0.15) is 29.5 Å². The molecule has 5 nitrogen and oxygen atoms in total. The average molecular weight is 377 g/mol. The zero-order valence-corrected chi connectivity index (χ0v) is 16.5. The van der Waals surface area contributed by atoms with E-state index in [2.05, 4.69) is 46.4 Å². The number of nitrogens with one attached hydrogen (secondary N) is 2. The largest absolute Gasteiger partial charge is 0.391 e. The molecule has 3 N–H and O–H groups in total. The van der Waals surface area contributed by atoms with Crippen molar-refractivity contribution in [3.63, 3.8) is 0 Å². The number of pyridine rings is 1. The molecule has 2 aromatic carbocycles. The molecule has 1 fully saturated rings. The second kappa shape index (κ2) is 7.68. The van der Waals surface area contributed by atoms with Crippen molar-refractivity contribution < 1.29 is 5.11 Å². The first-order chi connectivity index (χ1) is 13.5. The first-order valence-corrected chi connectivity index (χ1v) is 9.90. The van der Waals surface area contributed by atoms with Crippen LogP contribution in [0.3, 0.4) is 0 Å². The van der Waals surface area contributed by atoms with Crippen molar-refractivity contribution in [2.75, 3.05) is 23.3 Å². The van der Waals surface area contributed by atoms with E-state index in [1.54, 1.807) is 0 Å². The van der Waals surface area contributed by atoms with Gasteiger partial charge in [-0.05, 0) is 74.0 Å². The first kappa shape index (κ1) is 18.6. The van der Waals surface area contributed by atoms with Gasteiger partial charge in [0.05, 0.1) is 11.6 Å². The van der Waals surface area contributed by atoms with Crippen LogP contribution in [0.25, 0.3) is 10.9 Å². The van der Waals surface area contributed by atoms with Crippen LogP contribution in [0, 0.1) is 13.8 Å². The molecule has 0 saturated carbocycles. The number of β-amino-alcohol motifs (C(OH)–C–C–N with tert-alkyl or cyclic N) is 1. The number of aryl methyl sites for hydroxylation is 2. The lowest BCUT2D eigenvalue weighted by atomic mass is 10.1. The zero-order valence-electron chi connectivity index (χ0n) is 16.5. The molecule has 5 heteroatoms. The van der Waals surface area contributed by atoms with Gasteiger partial charge in [-0.1, -0.05) is 11.6 Å². The summed E-state index contributed by atoms with van der Waals surface area (Å²) in [6.45, 7) is 6.23. The maximum atomic E-state index is 12.5. The van der Waals surface area contributed by atoms with E-state index in [4.69, 9.17) is 0 Å². The van der Waals surface area contributed by atoms with Crippen molar-refractivity contribution in [2.24, 2.45) is 0 Å². The van der Waals surface area contributed by atoms with Gasteiger partial charge in [-0.15, -0.1) is 0 Å². The Morgan fingerprint density at radius 2 is 1.96 bits per heavy atom. The normalized spacial score (nSPS) is 17.1. The monoisotopic (exact) mass is 377 g/mol. The van der Waals surface area contributed by atoms with E-state index in [1.165, 1.54) is 5.56 Å². The SMILES string of the molecule is Cc1cc(C)c2[nH]c(=O)c(CNc3ccc(N4CCCC(O)C4)cc3)cc2c1. The molecular formula is C23H27N3O2. The summed E-state index contributed by atoms with van der Waals surface area (Å²) in [6.07, 6.45) is 1.67. The van der Waals surface area contributed by atoms with Gasteiger partial charge in [0.1, 0.15) is 0 Å². The Morgan fingerprint density at radius 1 is 1.18 bits per heavy atom. The van der Waals surface area contributed by atoms with Crippen LogP contribution in [0.5, 0.6) is 0 Å². The quantitative estimate of drug-likeness (QED) is 0.648. The lowest BCUT2D eigenvalue weighted by molar-refractivity contribution is 0.154. The molecular weight excluding hydrogens is 350 g/mol. The second-order valence-corrected chi connectivity index (χ2v) is 7.81. The number of piperidine rings is 1. The second-order valence-electron chi connectivity index (χ2n) is 7.81. The summed E-state index contributed by atoms with van der Waals surface area (Å²) in [5.41, 5.74) is 5.96. The van der Waals surface area contributed by atoms with Crippen molar-refractivity contribution >= 4 is 22.3 Å². The number of H-pyrrole nitrogens is 1. The summed E-state index contributed by atoms with van der Waals surface area (Å²) >= 11 is 0. The van der Waals surface area contributed by atoms with E-state index < -0.39 is 0 Å². The third-order valence-corrected chi connectivity index (χ3v) is 5.48. The minimum Gasteiger partial charge on any atom is -0.391 e. The Labute approximate surface area is 165 Å². The maximum absolute atomic E-state index is 12.5. The van der Waals surface area contributed by atoms with Crippen LogP contribution >= 0.6 is 0 Å². The van der Waals surface area contributed by atoms with Crippen LogP contribution in [0.2, 0.25) is 0 Å². The lowest BCUT2D eigenvalue weighted by Gasteiger charge is -2.32. The van der Waals surface area contributed by atoms with Gasteiger partial charge in [-0.25, -0.2) is 0 Å². The highest BCUT2D eigenvalue weighted by Gasteiger charge is 2.17. The molecule has 0 bridgehead atoms. The van der Waals surface area contributed by atoms with Crippen LogP contribution in [-0.2, 0) is 6.54 Å². The number of benzene rings is 2. The molecule has 3 aromatic rings. The van der Waals surface area contributed by atoms with Crippen molar-refractivity contribution in [1.29, 1.82) is 0 Å². The van der Waals surface area contributed by atoms with Gasteiger partial charge in [0.25, 0.3) is 5.56 Å². The van der Waals surface area contributed by atoms with Crippen LogP contribution in [0.4, 0.5) is 11.4 Å². The van der Waals surface area contributed by atoms with Crippen molar-refractivity contribution in [1.82, 2.24) is 4.98 Å². The summed E-state index contributed by atoms with van der Waals surface area (Å²) in [5, 5.41) is 14.3. The van der Waals surface area contributed by atoms with E-state index in [9.17, 15) is 9.90 Å². The number of anilines is 2. The Kier molecular flexibility index (Phi) is 5.09. The highest BCUT2D eigenvalue weighted by Crippen LogP contribution is 2.23. The number of aliphatic hydroxyl groups is 1. The molecule has 28 heavy (non-hydrogen) atoms. The summed E-state index contributed by atoms with van der Waals surface area (Å²) in [5.74, 6) is 0. The lowest BCUT2D eigenvalue weighted by Crippen LogP contribution is -2.38. The van der Waals surface area contributed by atoms with Crippen LogP contribution < -0.4 is 15.8 Å². The molecule has 0 amide bonds. The number of aromatic nitrogens is 1. The maximum Gasteiger partial charge on any atom is 0.253 e. The zero-order chi connectivity index (χ0) is 19.7. The number of aliphatic hydroxyl groups excluding tert-OH is 1. The van der Waals surface area contributed by atoms with Gasteiger partial charge in [0, 0.05) is 36.6 Å². The number of hydrogen-bond acceptors (Lipinski definition) is 4. The highest BCUT2D eigenvalue weighted by atomic mass is 16.3. The van der Waals surface area contributed by atoms with Crippen LogP contribution in [0.15, 0.2) is 47.3 Å². The van der Waals surface area contributed by atoms with Crippen molar-refractivity contribution in [3.8, 4) is 0 Å². The minimum atomic E-state index is -0.238. The molecule has 0 aliphatic carbocycles. The van der Waals surface area contributed by atoms with Gasteiger partial charge >= 0.3 is 0 Å². The fourth-order valence-corrected chi connectivity index (χ4v) is 4.04. The fraction of sp³-hybridized carbons (Fsp3) is 0.348. The predicted octanol–water partition coefficient (Wildman–Crippen LogP) is 3.72. The van der Waals surface area contributed by atoms with E-state index in [-0.39, 0.29) is 11.7 Å². The molecule has 2 heterocycles. The Balaban J connectivity index is 1.48. The molecule has 1 unspecified atom stereocenters. The third kappa shape index (κ3) is 3.90. The minimum absolute atomic E-state index is 0.0501. The average Bonchev–Trinajstić information content (AvgIpc) is 2.67. The summed E-state index contributed by atoms with van der Waals surface area (Å²) < 4.78 is 0. The molecule has 1 saturated heterocycles. The molecule has 1 aliphatic rings. The van der Waals surface area contributed by atoms with Crippen molar-refractivity contribution in [2.45, 2.75) is 39.3 Å². The Hall–Kier alpha value is -2.79. The molecule has 1 atom stereocenters. The van der Waals surface area contributed by atoms with Gasteiger partial charge in [-0.2, -0.15) is 0 Å². The number of hydrogen-bond donors (Lipinski definition) is 3. The molecule has 146 valence electrons. The van der Waals surface area contributed by atoms with Crippen molar-refractivity contribution in [3.05, 3.63) is 69.5 Å². The first-order valence-electron chi connectivity index (χ1n) is 9.90. The van der Waals surface area contributed by atoms with E-state index >= 15 is 0 Å². The molecule has 0 radical (unpaired) electrons.